The molecule has 1 N–H and O–H groups in total. The average Bonchev–Trinajstić information content (AvgIpc) is 2.90. The number of carboxylic acids is 1. The molecule has 1 atom stereocenters. The fourth-order valence-corrected chi connectivity index (χ4v) is 5.60. The van der Waals surface area contributed by atoms with Crippen molar-refractivity contribution in [2.45, 2.75) is 23.5 Å². The molecule has 0 aliphatic carbocycles. The zero-order valence-corrected chi connectivity index (χ0v) is 17.9. The number of aromatic nitrogens is 3. The molecule has 0 amide bonds. The highest BCUT2D eigenvalue weighted by Gasteiger charge is 2.29. The molecule has 0 fully saturated rings. The summed E-state index contributed by atoms with van der Waals surface area (Å²) in [6, 6.07) is 12.7. The van der Waals surface area contributed by atoms with Crippen molar-refractivity contribution in [1.29, 1.82) is 0 Å². The van der Waals surface area contributed by atoms with Gasteiger partial charge >= 0.3 is 5.97 Å². The molecule has 1 aliphatic rings. The zero-order chi connectivity index (χ0) is 21.7. The lowest BCUT2D eigenvalue weighted by Crippen LogP contribution is -2.24. The van der Waals surface area contributed by atoms with E-state index >= 15 is 0 Å². The van der Waals surface area contributed by atoms with Gasteiger partial charge in [0.05, 0.1) is 16.7 Å². The van der Waals surface area contributed by atoms with Crippen molar-refractivity contribution < 1.29 is 9.90 Å². The van der Waals surface area contributed by atoms with Crippen LogP contribution in [0.3, 0.4) is 0 Å². The Balaban J connectivity index is 1.78. The van der Waals surface area contributed by atoms with Gasteiger partial charge in [-0.05, 0) is 42.8 Å². The summed E-state index contributed by atoms with van der Waals surface area (Å²) in [6.45, 7) is 1.81. The Bertz CT molecular complexity index is 1430. The molecule has 2 aromatic carbocycles. The lowest BCUT2D eigenvalue weighted by molar-refractivity contribution is 0.0693. The molecular weight excluding hydrogens is 434 g/mol. The van der Waals surface area contributed by atoms with Gasteiger partial charge in [0, 0.05) is 51.4 Å². The highest BCUT2D eigenvalue weighted by atomic mass is 35.5. The van der Waals surface area contributed by atoms with Crippen LogP contribution in [0.5, 0.6) is 0 Å². The summed E-state index contributed by atoms with van der Waals surface area (Å²) in [6.07, 6.45) is 3.65. The van der Waals surface area contributed by atoms with Gasteiger partial charge in [-0.25, -0.2) is 4.79 Å². The summed E-state index contributed by atoms with van der Waals surface area (Å²) in [5, 5.41) is 10.3. The summed E-state index contributed by atoms with van der Waals surface area (Å²) in [5.74, 6) is -1.22. The number of fused-ring (bicyclic) bond motifs is 4. The first kappa shape index (κ1) is 19.8. The second-order valence-electron chi connectivity index (χ2n) is 7.34. The average molecular weight is 450 g/mol. The van der Waals surface area contributed by atoms with E-state index < -0.39 is 11.4 Å². The topological polar surface area (TPSA) is 85.1 Å². The molecule has 1 aliphatic heterocycles. The maximum Gasteiger partial charge on any atom is 0.341 e. The van der Waals surface area contributed by atoms with E-state index in [2.05, 4.69) is 9.97 Å². The summed E-state index contributed by atoms with van der Waals surface area (Å²) < 4.78 is 1.87. The second kappa shape index (κ2) is 7.51. The quantitative estimate of drug-likeness (QED) is 0.471. The van der Waals surface area contributed by atoms with Gasteiger partial charge in [0.2, 0.25) is 0 Å². The monoisotopic (exact) mass is 449 g/mol. The third-order valence-electron chi connectivity index (χ3n) is 5.39. The van der Waals surface area contributed by atoms with E-state index in [1.54, 1.807) is 30.2 Å². The predicted octanol–water partition coefficient (Wildman–Crippen LogP) is 4.83. The van der Waals surface area contributed by atoms with Crippen molar-refractivity contribution >= 4 is 40.4 Å². The van der Waals surface area contributed by atoms with Crippen molar-refractivity contribution in [2.24, 2.45) is 0 Å². The smallest absolute Gasteiger partial charge is 0.341 e. The summed E-state index contributed by atoms with van der Waals surface area (Å²) >= 11 is 7.89. The number of pyridine rings is 1. The molecule has 0 spiro atoms. The van der Waals surface area contributed by atoms with E-state index in [-0.39, 0.29) is 10.8 Å². The molecular formula is C23H16ClN3O3S. The molecule has 5 rings (SSSR count). The number of benzene rings is 2. The van der Waals surface area contributed by atoms with Crippen molar-refractivity contribution in [2.75, 3.05) is 0 Å². The van der Waals surface area contributed by atoms with Crippen LogP contribution >= 0.6 is 23.4 Å². The van der Waals surface area contributed by atoms with Crippen molar-refractivity contribution in [3.8, 4) is 5.69 Å². The van der Waals surface area contributed by atoms with Gasteiger partial charge in [0.1, 0.15) is 5.56 Å². The maximum atomic E-state index is 12.6. The van der Waals surface area contributed by atoms with Crippen LogP contribution in [0, 0.1) is 6.92 Å². The number of hydrogen-bond donors (Lipinski definition) is 1. The van der Waals surface area contributed by atoms with E-state index in [0.717, 1.165) is 27.2 Å². The Labute approximate surface area is 186 Å². The van der Waals surface area contributed by atoms with Gasteiger partial charge < -0.3 is 9.67 Å². The molecule has 0 saturated heterocycles. The Hall–Kier alpha value is -3.16. The van der Waals surface area contributed by atoms with Crippen molar-refractivity contribution in [3.05, 3.63) is 92.6 Å². The number of nitrogens with zero attached hydrogens (tertiary/aromatic N) is 3. The molecule has 0 radical (unpaired) electrons. The predicted molar refractivity (Wildman–Crippen MR) is 121 cm³/mol. The largest absolute Gasteiger partial charge is 0.477 e. The van der Waals surface area contributed by atoms with Crippen molar-refractivity contribution in [1.82, 2.24) is 14.5 Å². The zero-order valence-electron chi connectivity index (χ0n) is 16.4. The molecule has 31 heavy (non-hydrogen) atoms. The summed E-state index contributed by atoms with van der Waals surface area (Å²) in [5.41, 5.74) is 3.81. The molecule has 2 aromatic heterocycles. The first-order valence-corrected chi connectivity index (χ1v) is 10.8. The first-order valence-electron chi connectivity index (χ1n) is 9.58. The number of hydrogen-bond acceptors (Lipinski definition) is 5. The molecule has 6 nitrogen and oxygen atoms in total. The molecule has 0 bridgehead atoms. The molecule has 8 heteroatoms. The number of halogens is 1. The summed E-state index contributed by atoms with van der Waals surface area (Å²) in [4.78, 5) is 34.3. The molecule has 0 unspecified atom stereocenters. The normalized spacial score (nSPS) is 15.2. The highest BCUT2D eigenvalue weighted by molar-refractivity contribution is 7.99. The van der Waals surface area contributed by atoms with E-state index in [0.29, 0.717) is 22.8 Å². The number of carboxylic acid groups (broad SMARTS) is 1. The van der Waals surface area contributed by atoms with Gasteiger partial charge in [-0.2, -0.15) is 0 Å². The van der Waals surface area contributed by atoms with E-state index in [4.69, 9.17) is 11.6 Å². The van der Waals surface area contributed by atoms with Crippen LogP contribution in [0.25, 0.3) is 16.7 Å². The van der Waals surface area contributed by atoms with Gasteiger partial charge in [-0.1, -0.05) is 17.7 Å². The standard InChI is InChI=1S/C23H16ClN3O3S/c1-12-8-19(28)22(23(29)30)18-11-20(13-2-4-15-16(9-13)26-7-6-25-15)31-21-10-14(24)3-5-17(21)27(12)18/h2-10,20H,11H2,1H3,(H,29,30)/t20-/m0/s1. The number of rotatable bonds is 2. The maximum absolute atomic E-state index is 12.6. The number of aromatic carboxylic acids is 1. The first-order chi connectivity index (χ1) is 14.9. The molecule has 0 saturated carbocycles. The Morgan fingerprint density at radius 1 is 1.13 bits per heavy atom. The minimum atomic E-state index is -1.22. The number of aryl methyl sites for hydroxylation is 1. The van der Waals surface area contributed by atoms with Gasteiger partial charge in [0.15, 0.2) is 5.43 Å². The molecule has 4 aromatic rings. The number of carbonyl (C=O) groups is 1. The number of thioether (sulfide) groups is 1. The minimum absolute atomic E-state index is 0.142. The van der Waals surface area contributed by atoms with Crippen LogP contribution in [0.1, 0.15) is 32.6 Å². The van der Waals surface area contributed by atoms with Gasteiger partial charge in [-0.15, -0.1) is 11.8 Å². The van der Waals surface area contributed by atoms with E-state index in [1.165, 1.54) is 6.07 Å². The van der Waals surface area contributed by atoms with Crippen LogP contribution in [-0.4, -0.2) is 25.6 Å². The Kier molecular flexibility index (Phi) is 4.79. The van der Waals surface area contributed by atoms with Crippen LogP contribution in [-0.2, 0) is 6.42 Å². The van der Waals surface area contributed by atoms with Gasteiger partial charge in [-0.3, -0.25) is 14.8 Å². The van der Waals surface area contributed by atoms with Crippen LogP contribution < -0.4 is 5.43 Å². The fraction of sp³-hybridized carbons (Fsp3) is 0.130. The lowest BCUT2D eigenvalue weighted by Gasteiger charge is -2.19. The van der Waals surface area contributed by atoms with Gasteiger partial charge in [0.25, 0.3) is 0 Å². The van der Waals surface area contributed by atoms with E-state index in [1.807, 2.05) is 41.8 Å². The minimum Gasteiger partial charge on any atom is -0.477 e. The third-order valence-corrected chi connectivity index (χ3v) is 6.93. The Morgan fingerprint density at radius 2 is 1.90 bits per heavy atom. The fourth-order valence-electron chi connectivity index (χ4n) is 4.05. The third kappa shape index (κ3) is 3.40. The van der Waals surface area contributed by atoms with E-state index in [9.17, 15) is 14.7 Å². The second-order valence-corrected chi connectivity index (χ2v) is 9.02. The Morgan fingerprint density at radius 3 is 2.68 bits per heavy atom. The lowest BCUT2D eigenvalue weighted by atomic mass is 10.0. The molecule has 3 heterocycles. The molecule has 154 valence electrons. The van der Waals surface area contributed by atoms with Crippen LogP contribution in [0.15, 0.2) is 64.5 Å². The van der Waals surface area contributed by atoms with Crippen LogP contribution in [0.2, 0.25) is 5.02 Å². The highest BCUT2D eigenvalue weighted by Crippen LogP contribution is 2.45. The van der Waals surface area contributed by atoms with Crippen molar-refractivity contribution in [3.63, 3.8) is 0 Å². The van der Waals surface area contributed by atoms with Crippen LogP contribution in [0.4, 0.5) is 0 Å². The SMILES string of the molecule is Cc1cc(=O)c(C(=O)O)c2n1-c1ccc(Cl)cc1S[C@H](c1ccc3nccnc3c1)C2. The summed E-state index contributed by atoms with van der Waals surface area (Å²) in [7, 11) is 0.